The second-order valence-corrected chi connectivity index (χ2v) is 13.3. The van der Waals surface area contributed by atoms with Crippen LogP contribution in [0.4, 0.5) is 5.69 Å². The van der Waals surface area contributed by atoms with Gasteiger partial charge in [0.2, 0.25) is 5.91 Å². The number of isothiocyanates is 1. The molecule has 56 heavy (non-hydrogen) atoms. The molecule has 0 aliphatic carbocycles. The van der Waals surface area contributed by atoms with Crippen LogP contribution in [0.1, 0.15) is 16.7 Å². The van der Waals surface area contributed by atoms with Crippen LogP contribution in [0.5, 0.6) is 0 Å². The number of nitrogens with one attached hydrogen (secondary N) is 1. The molecule has 0 fully saturated rings. The summed E-state index contributed by atoms with van der Waals surface area (Å²) in [6.45, 7) is -0.159. The number of anilines is 1. The minimum atomic E-state index is -1.25. The number of fused-ring (bicyclic) bond motifs is 1. The van der Waals surface area contributed by atoms with Crippen LogP contribution in [0.25, 0.3) is 22.0 Å². The Morgan fingerprint density at radius 1 is 0.679 bits per heavy atom. The number of thiocarbonyl (C=S) groups is 1. The number of carboxylic acids is 4. The molecule has 0 saturated heterocycles. The van der Waals surface area contributed by atoms with Crippen molar-refractivity contribution in [1.29, 1.82) is 0 Å². The van der Waals surface area contributed by atoms with E-state index in [4.69, 9.17) is 10.2 Å². The Hall–Kier alpha value is -6.10. The van der Waals surface area contributed by atoms with Gasteiger partial charge in [0.15, 0.2) is 0 Å². The number of hydrogen-bond donors (Lipinski definition) is 5. The van der Waals surface area contributed by atoms with Gasteiger partial charge in [-0.2, -0.15) is 0 Å². The average Bonchev–Trinajstić information content (AvgIpc) is 3.13. The smallest absolute Gasteiger partial charge is 0.317 e. The van der Waals surface area contributed by atoms with Crippen molar-refractivity contribution in [2.24, 2.45) is 4.99 Å². The van der Waals surface area contributed by atoms with E-state index < -0.39 is 56.0 Å². The van der Waals surface area contributed by atoms with Crippen LogP contribution in [-0.2, 0) is 37.1 Å². The van der Waals surface area contributed by atoms with Crippen molar-refractivity contribution in [3.63, 3.8) is 0 Å². The van der Waals surface area contributed by atoms with Crippen molar-refractivity contribution in [1.82, 2.24) is 19.3 Å². The van der Waals surface area contributed by atoms with E-state index in [1.165, 1.54) is 9.80 Å². The quantitative estimate of drug-likeness (QED) is 0.0571. The summed E-state index contributed by atoms with van der Waals surface area (Å²) in [5, 5.41) is 43.1. The minimum absolute atomic E-state index is 0.0139. The van der Waals surface area contributed by atoms with Gasteiger partial charge in [0, 0.05) is 43.3 Å². The summed E-state index contributed by atoms with van der Waals surface area (Å²) >= 11 is 4.64. The number of aromatic nitrogens is 1. The number of aliphatic carboxylic acids is 4. The molecule has 0 spiro atoms. The van der Waals surface area contributed by atoms with Crippen LogP contribution in [0.3, 0.4) is 0 Å². The fraction of sp³-hybridized carbons (Fsp3) is 0.308. The van der Waals surface area contributed by atoms with Crippen LogP contribution in [-0.4, -0.2) is 134 Å². The number of nitrogens with zero attached hydrogens (tertiary/aromatic N) is 5. The third kappa shape index (κ3) is 13.3. The van der Waals surface area contributed by atoms with Crippen LogP contribution in [0, 0.1) is 6.92 Å². The fourth-order valence-electron chi connectivity index (χ4n) is 6.13. The molecule has 17 heteroatoms. The van der Waals surface area contributed by atoms with Gasteiger partial charge in [0.1, 0.15) is 0 Å². The number of pyridine rings is 1. The lowest BCUT2D eigenvalue weighted by atomic mass is 10.0. The van der Waals surface area contributed by atoms with Gasteiger partial charge >= 0.3 is 23.9 Å². The van der Waals surface area contributed by atoms with Gasteiger partial charge < -0.3 is 30.3 Å². The minimum Gasteiger partial charge on any atom is -0.480 e. The number of amides is 1. The van der Waals surface area contributed by atoms with E-state index >= 15 is 0 Å². The summed E-state index contributed by atoms with van der Waals surface area (Å²) in [5.74, 6) is -5.48. The van der Waals surface area contributed by atoms with Crippen LogP contribution < -0.4 is 10.9 Å². The Labute approximate surface area is 326 Å². The van der Waals surface area contributed by atoms with Crippen LogP contribution in [0.15, 0.2) is 82.6 Å². The number of benzene rings is 3. The number of hydrogen-bond acceptors (Lipinski definition) is 11. The van der Waals surface area contributed by atoms with Gasteiger partial charge in [-0.3, -0.25) is 43.5 Å². The maximum absolute atomic E-state index is 13.3. The summed E-state index contributed by atoms with van der Waals surface area (Å²) in [6.07, 6.45) is 0. The highest BCUT2D eigenvalue weighted by Gasteiger charge is 2.20. The largest absolute Gasteiger partial charge is 0.480 e. The van der Waals surface area contributed by atoms with E-state index in [2.05, 4.69) is 27.7 Å². The van der Waals surface area contributed by atoms with Crippen molar-refractivity contribution < 1.29 is 44.4 Å². The lowest BCUT2D eigenvalue weighted by Crippen LogP contribution is -2.46. The molecule has 1 aromatic heterocycles. The fourth-order valence-corrected chi connectivity index (χ4v) is 6.20. The number of aryl methyl sites for hydroxylation is 1. The number of carbonyl (C=O) groups is 5. The molecule has 0 aliphatic rings. The molecule has 0 aliphatic heterocycles. The molecule has 0 radical (unpaired) electrons. The number of aliphatic imine (C=N–C) groups is 1. The maximum Gasteiger partial charge on any atom is 0.317 e. The lowest BCUT2D eigenvalue weighted by molar-refractivity contribution is -0.143. The highest BCUT2D eigenvalue weighted by molar-refractivity contribution is 7.78. The molecule has 0 atom stereocenters. The molecule has 5 N–H and O–H groups in total. The molecule has 4 rings (SSSR count). The molecule has 0 unspecified atom stereocenters. The highest BCUT2D eigenvalue weighted by atomic mass is 32.1. The van der Waals surface area contributed by atoms with Gasteiger partial charge in [-0.05, 0) is 59.1 Å². The van der Waals surface area contributed by atoms with E-state index in [0.717, 1.165) is 38.1 Å². The zero-order valence-electron chi connectivity index (χ0n) is 30.6. The lowest BCUT2D eigenvalue weighted by Gasteiger charge is -2.27. The molecule has 294 valence electrons. The van der Waals surface area contributed by atoms with E-state index in [0.29, 0.717) is 17.7 Å². The molecular formula is C39H42N6O10S. The molecule has 16 nitrogen and oxygen atoms in total. The summed E-state index contributed by atoms with van der Waals surface area (Å²) in [6, 6.07) is 22.5. The first-order chi connectivity index (χ1) is 26.7. The predicted octanol–water partition coefficient (Wildman–Crippen LogP) is 2.81. The summed E-state index contributed by atoms with van der Waals surface area (Å²) < 4.78 is 1.61. The predicted molar refractivity (Wildman–Crippen MR) is 211 cm³/mol. The monoisotopic (exact) mass is 786 g/mol. The third-order valence-electron chi connectivity index (χ3n) is 8.78. The van der Waals surface area contributed by atoms with Gasteiger partial charge in [0.05, 0.1) is 56.5 Å². The Bertz CT molecular complexity index is 2150. The molecule has 0 saturated carbocycles. The first-order valence-electron chi connectivity index (χ1n) is 17.4. The van der Waals surface area contributed by atoms with Crippen molar-refractivity contribution >= 4 is 63.8 Å². The van der Waals surface area contributed by atoms with Gasteiger partial charge in [-0.15, -0.1) is 0 Å². The second-order valence-electron chi connectivity index (χ2n) is 13.1. The van der Waals surface area contributed by atoms with Gasteiger partial charge in [-0.25, -0.2) is 4.99 Å². The molecule has 3 aromatic carbocycles. The standard InChI is InChI=1S/C39H42N6O10S/c1-26-16-35(47)45(19-28-4-8-30(9-5-28)29-6-2-27(3-7-29)18-40-25-56)33-17-31(10-11-32(26)33)41-34(46)20-43(22-37(50)51)14-12-42(21-36(48)49)13-15-44(23-38(52)53)24-39(54)55/h2-11,16-17H,12-15,18-24H2,1H3,(H,41,46)(H,48,49)(H,50,51)(H,52,53)(H,54,55). The van der Waals surface area contributed by atoms with E-state index in [-0.39, 0.29) is 44.8 Å². The molecule has 4 aromatic rings. The molecule has 1 amide bonds. The Kier molecular flexibility index (Phi) is 15.6. The maximum atomic E-state index is 13.3. The zero-order chi connectivity index (χ0) is 40.8. The third-order valence-corrected chi connectivity index (χ3v) is 8.91. The zero-order valence-corrected chi connectivity index (χ0v) is 31.4. The van der Waals surface area contributed by atoms with E-state index in [1.807, 2.05) is 55.5 Å². The molecular weight excluding hydrogens is 745 g/mol. The molecule has 1 heterocycles. The van der Waals surface area contributed by atoms with Crippen molar-refractivity contribution in [2.45, 2.75) is 20.0 Å². The Morgan fingerprint density at radius 3 is 1.68 bits per heavy atom. The van der Waals surface area contributed by atoms with E-state index in [9.17, 15) is 39.0 Å². The normalized spacial score (nSPS) is 11.1. The first-order valence-corrected chi connectivity index (χ1v) is 17.8. The summed E-state index contributed by atoms with van der Waals surface area (Å²) in [4.78, 5) is 79.9. The average molecular weight is 787 g/mol. The highest BCUT2D eigenvalue weighted by Crippen LogP contribution is 2.24. The number of rotatable bonds is 22. The topological polar surface area (TPSA) is 222 Å². The van der Waals surface area contributed by atoms with Crippen LogP contribution >= 0.6 is 12.2 Å². The van der Waals surface area contributed by atoms with Crippen molar-refractivity contribution in [2.75, 3.05) is 64.2 Å². The number of carbonyl (C=O) groups excluding carboxylic acids is 1. The summed E-state index contributed by atoms with van der Waals surface area (Å²) in [5.41, 5.74) is 5.37. The van der Waals surface area contributed by atoms with Gasteiger partial charge in [0.25, 0.3) is 5.56 Å². The first kappa shape index (κ1) is 42.6. The second kappa shape index (κ2) is 20.5. The molecule has 0 bridgehead atoms. The van der Waals surface area contributed by atoms with Crippen molar-refractivity contribution in [3.05, 3.63) is 99.8 Å². The summed E-state index contributed by atoms with van der Waals surface area (Å²) in [7, 11) is 0. The number of carboxylic acid groups (broad SMARTS) is 4. The van der Waals surface area contributed by atoms with Gasteiger partial charge in [-0.1, -0.05) is 54.6 Å². The Morgan fingerprint density at radius 2 is 1.16 bits per heavy atom. The Balaban J connectivity index is 1.46. The van der Waals surface area contributed by atoms with Crippen LogP contribution in [0.2, 0.25) is 0 Å². The van der Waals surface area contributed by atoms with E-state index in [1.54, 1.807) is 28.8 Å². The van der Waals surface area contributed by atoms with Crippen molar-refractivity contribution in [3.8, 4) is 11.1 Å². The SMILES string of the molecule is Cc1cc(=O)n(Cc2ccc(-c3ccc(CN=C=S)cc3)cc2)c2cc(NC(=O)CN(CCN(CCN(CC(=O)O)CC(=O)O)CC(=O)O)CC(=O)O)ccc12.